The summed E-state index contributed by atoms with van der Waals surface area (Å²) in [5.74, 6) is 0. The van der Waals surface area contributed by atoms with E-state index >= 15 is 0 Å². The summed E-state index contributed by atoms with van der Waals surface area (Å²) >= 11 is 0. The lowest BCUT2D eigenvalue weighted by Crippen LogP contribution is -2.48. The van der Waals surface area contributed by atoms with Crippen LogP contribution in [0.25, 0.3) is 0 Å². The number of benzene rings is 1. The highest BCUT2D eigenvalue weighted by atomic mass is 28.4. The summed E-state index contributed by atoms with van der Waals surface area (Å²) in [4.78, 5) is 14.1. The molecule has 0 saturated heterocycles. The van der Waals surface area contributed by atoms with Crippen LogP contribution in [-0.2, 0) is 15.8 Å². The highest BCUT2D eigenvalue weighted by Gasteiger charge is 2.39. The van der Waals surface area contributed by atoms with Gasteiger partial charge in [-0.1, -0.05) is 51.1 Å². The predicted molar refractivity (Wildman–Crippen MR) is 105 cm³/mol. The number of hydrogen-bond donors (Lipinski definition) is 1. The molecule has 5 nitrogen and oxygen atoms in total. The van der Waals surface area contributed by atoms with Crippen molar-refractivity contribution < 1.29 is 19.1 Å². The lowest BCUT2D eigenvalue weighted by molar-refractivity contribution is 0.0635. The fraction of sp³-hybridized carbons (Fsp3) is 0.550. The van der Waals surface area contributed by atoms with Crippen LogP contribution in [0.15, 0.2) is 42.6 Å². The number of carbonyl (C=O) groups is 1. The number of rotatable bonds is 5. The molecule has 1 aliphatic heterocycles. The number of aliphatic hydroxyl groups is 1. The number of hydrogen-bond acceptors (Lipinski definition) is 4. The molecule has 6 heteroatoms. The number of nitrogens with zero attached hydrogens (tertiary/aromatic N) is 1. The van der Waals surface area contributed by atoms with Crippen molar-refractivity contribution in [3.8, 4) is 0 Å². The van der Waals surface area contributed by atoms with E-state index in [0.29, 0.717) is 13.0 Å². The van der Waals surface area contributed by atoms with Gasteiger partial charge in [-0.2, -0.15) is 0 Å². The van der Waals surface area contributed by atoms with E-state index in [1.165, 1.54) is 0 Å². The van der Waals surface area contributed by atoms with Crippen molar-refractivity contribution in [3.63, 3.8) is 0 Å². The first-order valence-electron chi connectivity index (χ1n) is 9.09. The molecular weight excluding hydrogens is 346 g/mol. The zero-order valence-corrected chi connectivity index (χ0v) is 17.4. The van der Waals surface area contributed by atoms with Crippen LogP contribution < -0.4 is 0 Å². The highest BCUT2D eigenvalue weighted by Crippen LogP contribution is 2.37. The van der Waals surface area contributed by atoms with Crippen LogP contribution in [0, 0.1) is 0 Å². The number of aliphatic hydroxyl groups excluding tert-OH is 1. The van der Waals surface area contributed by atoms with Crippen LogP contribution in [0.3, 0.4) is 0 Å². The van der Waals surface area contributed by atoms with E-state index in [9.17, 15) is 9.90 Å². The van der Waals surface area contributed by atoms with Gasteiger partial charge in [-0.3, -0.25) is 4.90 Å². The van der Waals surface area contributed by atoms with Gasteiger partial charge in [0.2, 0.25) is 0 Å². The molecule has 1 amide bonds. The molecular formula is C20H31NO4Si. The molecule has 0 saturated carbocycles. The van der Waals surface area contributed by atoms with Gasteiger partial charge in [0.05, 0.1) is 18.8 Å². The molecule has 0 aliphatic carbocycles. The number of carbonyl (C=O) groups excluding carboxylic acids is 1. The van der Waals surface area contributed by atoms with Gasteiger partial charge in [0.25, 0.3) is 0 Å². The van der Waals surface area contributed by atoms with Crippen LogP contribution >= 0.6 is 0 Å². The van der Waals surface area contributed by atoms with Crippen molar-refractivity contribution in [1.29, 1.82) is 0 Å². The Morgan fingerprint density at radius 3 is 2.54 bits per heavy atom. The zero-order valence-electron chi connectivity index (χ0n) is 16.4. The van der Waals surface area contributed by atoms with Gasteiger partial charge in [0, 0.05) is 12.6 Å². The third-order valence-corrected chi connectivity index (χ3v) is 9.74. The average Bonchev–Trinajstić information content (AvgIpc) is 2.58. The Balaban J connectivity index is 2.00. The van der Waals surface area contributed by atoms with Crippen LogP contribution in [0.4, 0.5) is 4.79 Å². The minimum atomic E-state index is -1.93. The van der Waals surface area contributed by atoms with Crippen LogP contribution in [0.2, 0.25) is 18.1 Å². The van der Waals surface area contributed by atoms with Gasteiger partial charge in [-0.25, -0.2) is 4.79 Å². The fourth-order valence-electron chi connectivity index (χ4n) is 2.46. The van der Waals surface area contributed by atoms with E-state index in [4.69, 9.17) is 9.16 Å². The molecule has 0 spiro atoms. The van der Waals surface area contributed by atoms with Crippen LogP contribution in [-0.4, -0.2) is 43.2 Å². The smallest absolute Gasteiger partial charge is 0.414 e. The summed E-state index contributed by atoms with van der Waals surface area (Å²) < 4.78 is 11.7. The summed E-state index contributed by atoms with van der Waals surface area (Å²) in [7, 11) is -1.93. The van der Waals surface area contributed by atoms with Gasteiger partial charge in [-0.05, 0) is 29.8 Å². The van der Waals surface area contributed by atoms with Crippen LogP contribution in [0.5, 0.6) is 0 Å². The van der Waals surface area contributed by atoms with Crippen molar-refractivity contribution in [2.75, 3.05) is 6.61 Å². The monoisotopic (exact) mass is 377 g/mol. The highest BCUT2D eigenvalue weighted by molar-refractivity contribution is 6.74. The molecule has 1 heterocycles. The van der Waals surface area contributed by atoms with E-state index in [2.05, 4.69) is 33.9 Å². The molecule has 0 radical (unpaired) electrons. The third-order valence-electron chi connectivity index (χ3n) is 5.23. The van der Waals surface area contributed by atoms with E-state index in [-0.39, 0.29) is 17.7 Å². The normalized spacial score (nSPS) is 20.9. The molecule has 2 rings (SSSR count). The maximum atomic E-state index is 12.5. The Morgan fingerprint density at radius 2 is 1.92 bits per heavy atom. The molecule has 0 fully saturated rings. The lowest BCUT2D eigenvalue weighted by Gasteiger charge is -2.39. The maximum Gasteiger partial charge on any atom is 0.414 e. The van der Waals surface area contributed by atoms with Crippen molar-refractivity contribution in [2.45, 2.75) is 64.1 Å². The number of amides is 1. The molecule has 2 atom stereocenters. The second kappa shape index (κ2) is 8.37. The van der Waals surface area contributed by atoms with Gasteiger partial charge < -0.3 is 14.3 Å². The second-order valence-corrected chi connectivity index (χ2v) is 13.1. The molecule has 26 heavy (non-hydrogen) atoms. The number of ether oxygens (including phenoxy) is 1. The Labute approximate surface area is 157 Å². The maximum absolute atomic E-state index is 12.5. The zero-order chi connectivity index (χ0) is 19.4. The largest absolute Gasteiger partial charge is 0.444 e. The SMILES string of the molecule is CC(C)(C)[Si](C)(C)OC[C@H]1C[C@H](O)C=CN1C(=O)OCc1ccccc1. The summed E-state index contributed by atoms with van der Waals surface area (Å²) in [5, 5.41) is 10.1. The van der Waals surface area contributed by atoms with E-state index in [1.54, 1.807) is 17.2 Å². The molecule has 1 aliphatic rings. The first-order chi connectivity index (χ1) is 12.1. The van der Waals surface area contributed by atoms with Crippen molar-refractivity contribution in [1.82, 2.24) is 4.90 Å². The average molecular weight is 378 g/mol. The van der Waals surface area contributed by atoms with Crippen molar-refractivity contribution in [2.24, 2.45) is 0 Å². The predicted octanol–water partition coefficient (Wildman–Crippen LogP) is 4.29. The van der Waals surface area contributed by atoms with Crippen molar-refractivity contribution >= 4 is 14.4 Å². The van der Waals surface area contributed by atoms with Crippen LogP contribution in [0.1, 0.15) is 32.8 Å². The Bertz CT molecular complexity index is 624. The van der Waals surface area contributed by atoms with E-state index in [1.807, 2.05) is 30.3 Å². The van der Waals surface area contributed by atoms with E-state index < -0.39 is 20.5 Å². The summed E-state index contributed by atoms with van der Waals surface area (Å²) in [6.07, 6.45) is 2.70. The minimum absolute atomic E-state index is 0.0920. The Kier molecular flexibility index (Phi) is 6.66. The molecule has 144 valence electrons. The first-order valence-corrected chi connectivity index (χ1v) is 12.0. The second-order valence-electron chi connectivity index (χ2n) is 8.32. The first kappa shape index (κ1) is 20.7. The van der Waals surface area contributed by atoms with Gasteiger partial charge in [0.15, 0.2) is 8.32 Å². The summed E-state index contributed by atoms with van der Waals surface area (Å²) in [5.41, 5.74) is 0.941. The quantitative estimate of drug-likeness (QED) is 0.778. The summed E-state index contributed by atoms with van der Waals surface area (Å²) in [6.45, 7) is 11.5. The Hall–Kier alpha value is -1.63. The lowest BCUT2D eigenvalue weighted by atomic mass is 10.1. The minimum Gasteiger partial charge on any atom is -0.444 e. The summed E-state index contributed by atoms with van der Waals surface area (Å²) in [6, 6.07) is 9.36. The Morgan fingerprint density at radius 1 is 1.27 bits per heavy atom. The standard InChI is InChI=1S/C20H31NO4Si/c1-20(2,3)26(4,5)25-15-17-13-18(22)11-12-21(17)19(23)24-14-16-9-7-6-8-10-16/h6-12,17-18,22H,13-15H2,1-5H3/t17-,18-/m1/s1. The fourth-order valence-corrected chi connectivity index (χ4v) is 3.50. The molecule has 1 aromatic carbocycles. The molecule has 1 aromatic rings. The molecule has 0 bridgehead atoms. The van der Waals surface area contributed by atoms with Gasteiger partial charge >= 0.3 is 6.09 Å². The molecule has 1 N–H and O–H groups in total. The molecule has 0 aromatic heterocycles. The topological polar surface area (TPSA) is 59.0 Å². The van der Waals surface area contributed by atoms with Gasteiger partial charge in [0.1, 0.15) is 6.61 Å². The third kappa shape index (κ3) is 5.43. The molecule has 0 unspecified atom stereocenters. The van der Waals surface area contributed by atoms with E-state index in [0.717, 1.165) is 5.56 Å². The van der Waals surface area contributed by atoms with Gasteiger partial charge in [-0.15, -0.1) is 0 Å². The van der Waals surface area contributed by atoms with Crippen molar-refractivity contribution in [3.05, 3.63) is 48.2 Å².